The number of benzene rings is 2. The minimum Gasteiger partial charge on any atom is -0.330 e. The number of nitrogens with one attached hydrogen (secondary N) is 1. The zero-order valence-electron chi connectivity index (χ0n) is 15.4. The summed E-state index contributed by atoms with van der Waals surface area (Å²) in [6, 6.07) is 14.9. The Morgan fingerprint density at radius 3 is 2.58 bits per heavy atom. The van der Waals surface area contributed by atoms with Gasteiger partial charge in [0.25, 0.3) is 0 Å². The standard InChI is InChI=1S/C15H9Cl2N5S.C3H2N4S/c16-10-4-6-12(7-5-10)18-14-21-22-13(19-20-15(22)23-14)9-2-1-3-11(17)8-9;1-4-6-3-7(1)5-2-8-3/h1-8H,(H,18,21);1-2H. The molecule has 0 atom stereocenters. The number of halogens is 2. The number of anilines is 2. The molecule has 0 saturated carbocycles. The first-order valence-electron chi connectivity index (χ1n) is 8.76. The van der Waals surface area contributed by atoms with Crippen molar-refractivity contribution in [2.45, 2.75) is 0 Å². The van der Waals surface area contributed by atoms with Crippen LogP contribution in [-0.2, 0) is 0 Å². The fraction of sp³-hybridized carbons (Fsp3) is 0. The second kappa shape index (κ2) is 8.55. The predicted molar refractivity (Wildman–Crippen MR) is 122 cm³/mol. The van der Waals surface area contributed by atoms with Gasteiger partial charge in [0.2, 0.25) is 15.1 Å². The third-order valence-electron chi connectivity index (χ3n) is 4.00. The zero-order valence-corrected chi connectivity index (χ0v) is 18.6. The van der Waals surface area contributed by atoms with Crippen molar-refractivity contribution in [1.82, 2.24) is 39.6 Å². The van der Waals surface area contributed by atoms with Gasteiger partial charge >= 0.3 is 0 Å². The Bertz CT molecular complexity index is 1400. The molecule has 9 nitrogen and oxygen atoms in total. The van der Waals surface area contributed by atoms with E-state index < -0.39 is 0 Å². The monoisotopic (exact) mass is 487 g/mol. The molecule has 0 bridgehead atoms. The van der Waals surface area contributed by atoms with E-state index in [0.29, 0.717) is 20.8 Å². The van der Waals surface area contributed by atoms with Gasteiger partial charge in [-0.1, -0.05) is 58.0 Å². The molecule has 0 amide bonds. The van der Waals surface area contributed by atoms with Crippen LogP contribution in [0.3, 0.4) is 0 Å². The number of hydrogen-bond acceptors (Lipinski definition) is 9. The summed E-state index contributed by atoms with van der Waals surface area (Å²) in [6.45, 7) is 0. The Balaban J connectivity index is 0.000000212. The Hall–Kier alpha value is -3.12. The second-order valence-corrected chi connectivity index (χ2v) is 8.70. The van der Waals surface area contributed by atoms with Gasteiger partial charge in [0.05, 0.1) is 0 Å². The fourth-order valence-electron chi connectivity index (χ4n) is 2.63. The minimum atomic E-state index is 0.647. The van der Waals surface area contributed by atoms with E-state index in [2.05, 4.69) is 35.9 Å². The van der Waals surface area contributed by atoms with Gasteiger partial charge < -0.3 is 5.32 Å². The van der Waals surface area contributed by atoms with E-state index >= 15 is 0 Å². The van der Waals surface area contributed by atoms with Crippen molar-refractivity contribution < 1.29 is 0 Å². The Labute approximate surface area is 192 Å². The van der Waals surface area contributed by atoms with Crippen LogP contribution in [0.2, 0.25) is 10.0 Å². The molecule has 2 aromatic carbocycles. The van der Waals surface area contributed by atoms with Gasteiger partial charge in [0.1, 0.15) is 11.8 Å². The number of fused-ring (bicyclic) bond motifs is 2. The molecule has 6 rings (SSSR count). The fourth-order valence-corrected chi connectivity index (χ4v) is 4.24. The smallest absolute Gasteiger partial charge is 0.236 e. The maximum Gasteiger partial charge on any atom is 0.236 e. The van der Waals surface area contributed by atoms with Crippen LogP contribution in [0.25, 0.3) is 21.3 Å². The molecule has 0 aliphatic carbocycles. The van der Waals surface area contributed by atoms with E-state index in [0.717, 1.165) is 21.3 Å². The maximum absolute atomic E-state index is 6.04. The van der Waals surface area contributed by atoms with Crippen molar-refractivity contribution in [3.05, 3.63) is 70.4 Å². The Morgan fingerprint density at radius 2 is 1.77 bits per heavy atom. The molecular weight excluding hydrogens is 477 g/mol. The van der Waals surface area contributed by atoms with Crippen LogP contribution >= 0.6 is 45.9 Å². The van der Waals surface area contributed by atoms with E-state index in [9.17, 15) is 0 Å². The van der Waals surface area contributed by atoms with Crippen LogP contribution in [0.5, 0.6) is 0 Å². The highest BCUT2D eigenvalue weighted by molar-refractivity contribution is 7.20. The minimum absolute atomic E-state index is 0.647. The molecule has 0 fully saturated rings. The SMILES string of the molecule is Clc1ccc(Nc2nn3c(-c4cccc(Cl)c4)nnc3s2)cc1.c1nn2cnnc2s1. The van der Waals surface area contributed by atoms with Crippen LogP contribution in [0, 0.1) is 0 Å². The molecule has 1 N–H and O–H groups in total. The normalized spacial score (nSPS) is 10.9. The van der Waals surface area contributed by atoms with E-state index in [4.69, 9.17) is 23.2 Å². The van der Waals surface area contributed by atoms with Crippen LogP contribution in [0.4, 0.5) is 10.8 Å². The number of aromatic nitrogens is 8. The third-order valence-corrected chi connectivity index (χ3v) is 5.98. The summed E-state index contributed by atoms with van der Waals surface area (Å²) in [5.74, 6) is 0.655. The van der Waals surface area contributed by atoms with Crippen LogP contribution in [0.15, 0.2) is 60.4 Å². The first-order valence-corrected chi connectivity index (χ1v) is 11.2. The lowest BCUT2D eigenvalue weighted by Gasteiger charge is -2.01. The quantitative estimate of drug-likeness (QED) is 0.371. The summed E-state index contributed by atoms with van der Waals surface area (Å²) in [7, 11) is 0. The van der Waals surface area contributed by atoms with Crippen molar-refractivity contribution in [3.63, 3.8) is 0 Å². The highest BCUT2D eigenvalue weighted by Crippen LogP contribution is 2.27. The number of rotatable bonds is 3. The van der Waals surface area contributed by atoms with Crippen molar-refractivity contribution >= 4 is 66.6 Å². The summed E-state index contributed by atoms with van der Waals surface area (Å²) in [6.07, 6.45) is 1.58. The topological polar surface area (TPSA) is 98.2 Å². The first-order chi connectivity index (χ1) is 15.2. The lowest BCUT2D eigenvalue weighted by atomic mass is 10.2. The van der Waals surface area contributed by atoms with Crippen LogP contribution in [0.1, 0.15) is 0 Å². The van der Waals surface area contributed by atoms with Crippen LogP contribution < -0.4 is 5.32 Å². The molecule has 13 heteroatoms. The molecule has 0 radical (unpaired) electrons. The lowest BCUT2D eigenvalue weighted by Crippen LogP contribution is -1.94. The zero-order chi connectivity index (χ0) is 21.2. The highest BCUT2D eigenvalue weighted by atomic mass is 35.5. The Kier molecular flexibility index (Phi) is 5.47. The lowest BCUT2D eigenvalue weighted by molar-refractivity contribution is 0.955. The van der Waals surface area contributed by atoms with Crippen molar-refractivity contribution in [2.24, 2.45) is 0 Å². The first kappa shape index (κ1) is 19.8. The molecule has 0 saturated heterocycles. The van der Waals surface area contributed by atoms with E-state index in [1.807, 2.05) is 48.5 Å². The summed E-state index contributed by atoms with van der Waals surface area (Å²) in [5.41, 5.74) is 3.50. The predicted octanol–water partition coefficient (Wildman–Crippen LogP) is 5.09. The molecule has 0 aliphatic rings. The highest BCUT2D eigenvalue weighted by Gasteiger charge is 2.13. The second-order valence-electron chi connectivity index (χ2n) is 6.06. The number of hydrogen-bond donors (Lipinski definition) is 1. The van der Waals surface area contributed by atoms with Gasteiger partial charge in [0, 0.05) is 21.3 Å². The summed E-state index contributed by atoms with van der Waals surface area (Å²) in [5, 5.41) is 29.4. The molecule has 6 aromatic rings. The largest absolute Gasteiger partial charge is 0.330 e. The summed E-state index contributed by atoms with van der Waals surface area (Å²) < 4.78 is 3.33. The Morgan fingerprint density at radius 1 is 0.903 bits per heavy atom. The van der Waals surface area contributed by atoms with Crippen LogP contribution in [-0.4, -0.2) is 39.6 Å². The molecule has 154 valence electrons. The van der Waals surface area contributed by atoms with Gasteiger partial charge in [-0.25, -0.2) is 0 Å². The average Bonchev–Trinajstić information content (AvgIpc) is 3.51. The van der Waals surface area contributed by atoms with Gasteiger partial charge in [-0.05, 0) is 36.4 Å². The van der Waals surface area contributed by atoms with E-state index in [-0.39, 0.29) is 0 Å². The summed E-state index contributed by atoms with van der Waals surface area (Å²) >= 11 is 14.8. The van der Waals surface area contributed by atoms with Crippen molar-refractivity contribution in [2.75, 3.05) is 5.32 Å². The molecule has 4 heterocycles. The average molecular weight is 488 g/mol. The van der Waals surface area contributed by atoms with Gasteiger partial charge in [0.15, 0.2) is 5.82 Å². The third kappa shape index (κ3) is 4.35. The van der Waals surface area contributed by atoms with E-state index in [1.165, 1.54) is 22.7 Å². The summed E-state index contributed by atoms with van der Waals surface area (Å²) in [4.78, 5) is 1.54. The molecule has 0 aliphatic heterocycles. The molecule has 0 spiro atoms. The van der Waals surface area contributed by atoms with Crippen molar-refractivity contribution in [1.29, 1.82) is 0 Å². The maximum atomic E-state index is 6.04. The van der Waals surface area contributed by atoms with Gasteiger partial charge in [-0.15, -0.1) is 25.5 Å². The molecular formula is C18H11Cl2N9S2. The molecule has 0 unspecified atom stereocenters. The molecule has 4 aromatic heterocycles. The van der Waals surface area contributed by atoms with Gasteiger partial charge in [-0.3, -0.25) is 0 Å². The van der Waals surface area contributed by atoms with E-state index in [1.54, 1.807) is 20.9 Å². The van der Waals surface area contributed by atoms with Crippen molar-refractivity contribution in [3.8, 4) is 11.4 Å². The molecule has 31 heavy (non-hydrogen) atoms. The van der Waals surface area contributed by atoms with Gasteiger partial charge in [-0.2, -0.15) is 14.1 Å². The number of nitrogens with zero attached hydrogens (tertiary/aromatic N) is 8.